The van der Waals surface area contributed by atoms with Crippen molar-refractivity contribution in [3.05, 3.63) is 35.9 Å². The van der Waals surface area contributed by atoms with Gasteiger partial charge in [0.1, 0.15) is 0 Å². The van der Waals surface area contributed by atoms with Crippen LogP contribution in [0.3, 0.4) is 0 Å². The van der Waals surface area contributed by atoms with Gasteiger partial charge in [-0.05, 0) is 44.1 Å². The smallest absolute Gasteiger partial charge is 0.230 e. The second kappa shape index (κ2) is 5.57. The van der Waals surface area contributed by atoms with Gasteiger partial charge in [-0.2, -0.15) is 0 Å². The molecular formula is C17H24N2O. The second-order valence-corrected chi connectivity index (χ2v) is 6.39. The van der Waals surface area contributed by atoms with E-state index >= 15 is 0 Å². The van der Waals surface area contributed by atoms with Gasteiger partial charge in [0.2, 0.25) is 5.91 Å². The Morgan fingerprint density at radius 2 is 1.75 bits per heavy atom. The minimum Gasteiger partial charge on any atom is -0.353 e. The van der Waals surface area contributed by atoms with Crippen molar-refractivity contribution < 1.29 is 4.79 Å². The molecule has 2 aliphatic rings. The molecule has 0 heterocycles. The third-order valence-corrected chi connectivity index (χ3v) is 5.08. The molecule has 1 aromatic rings. The largest absolute Gasteiger partial charge is 0.353 e. The highest BCUT2D eigenvalue weighted by molar-refractivity contribution is 5.89. The molecule has 2 aliphatic carbocycles. The van der Waals surface area contributed by atoms with Crippen LogP contribution in [0.2, 0.25) is 0 Å². The van der Waals surface area contributed by atoms with Gasteiger partial charge in [-0.25, -0.2) is 0 Å². The number of carbonyl (C=O) groups is 1. The molecule has 2 fully saturated rings. The van der Waals surface area contributed by atoms with Gasteiger partial charge < -0.3 is 11.1 Å². The summed E-state index contributed by atoms with van der Waals surface area (Å²) < 4.78 is 0. The summed E-state index contributed by atoms with van der Waals surface area (Å²) in [4.78, 5) is 12.8. The van der Waals surface area contributed by atoms with E-state index in [1.165, 1.54) is 5.56 Å². The lowest BCUT2D eigenvalue weighted by Gasteiger charge is -2.42. The number of carbonyl (C=O) groups excluding carboxylic acids is 1. The first-order valence-electron chi connectivity index (χ1n) is 7.83. The Balaban J connectivity index is 1.69. The molecule has 3 rings (SSSR count). The van der Waals surface area contributed by atoms with Crippen LogP contribution < -0.4 is 11.1 Å². The van der Waals surface area contributed by atoms with Crippen LogP contribution in [0.15, 0.2) is 30.3 Å². The summed E-state index contributed by atoms with van der Waals surface area (Å²) in [5, 5.41) is 3.29. The van der Waals surface area contributed by atoms with Crippen molar-refractivity contribution in [3.8, 4) is 0 Å². The molecule has 0 aliphatic heterocycles. The third kappa shape index (κ3) is 2.47. The first-order chi connectivity index (χ1) is 9.71. The first kappa shape index (κ1) is 13.6. The standard InChI is InChI=1S/C17H24N2O/c18-14-7-9-15(10-8-14)19-16(20)17(11-4-12-17)13-5-2-1-3-6-13/h1-3,5-6,14-15H,4,7-12,18H2,(H,19,20). The van der Waals surface area contributed by atoms with Gasteiger partial charge in [-0.15, -0.1) is 0 Å². The molecule has 3 nitrogen and oxygen atoms in total. The Kier molecular flexibility index (Phi) is 3.79. The summed E-state index contributed by atoms with van der Waals surface area (Å²) in [6.07, 6.45) is 7.23. The predicted octanol–water partition coefficient (Wildman–Crippen LogP) is 2.49. The molecule has 2 saturated carbocycles. The number of hydrogen-bond donors (Lipinski definition) is 2. The Morgan fingerprint density at radius 3 is 2.30 bits per heavy atom. The Labute approximate surface area is 120 Å². The Hall–Kier alpha value is -1.35. The van der Waals surface area contributed by atoms with Crippen molar-refractivity contribution in [2.45, 2.75) is 62.4 Å². The molecular weight excluding hydrogens is 248 g/mol. The molecule has 20 heavy (non-hydrogen) atoms. The van der Waals surface area contributed by atoms with Crippen molar-refractivity contribution >= 4 is 5.91 Å². The predicted molar refractivity (Wildman–Crippen MR) is 80.3 cm³/mol. The monoisotopic (exact) mass is 272 g/mol. The minimum atomic E-state index is -0.263. The topological polar surface area (TPSA) is 55.1 Å². The maximum atomic E-state index is 12.8. The molecule has 3 heteroatoms. The highest BCUT2D eigenvalue weighted by atomic mass is 16.2. The van der Waals surface area contributed by atoms with Gasteiger partial charge >= 0.3 is 0 Å². The highest BCUT2D eigenvalue weighted by Gasteiger charge is 2.46. The van der Waals surface area contributed by atoms with Gasteiger partial charge in [0.25, 0.3) is 0 Å². The van der Waals surface area contributed by atoms with Crippen molar-refractivity contribution in [1.29, 1.82) is 0 Å². The van der Waals surface area contributed by atoms with Gasteiger partial charge in [-0.1, -0.05) is 36.8 Å². The van der Waals surface area contributed by atoms with Crippen molar-refractivity contribution in [2.75, 3.05) is 0 Å². The molecule has 0 saturated heterocycles. The van der Waals surface area contributed by atoms with Crippen LogP contribution in [0.4, 0.5) is 0 Å². The van der Waals surface area contributed by atoms with E-state index in [4.69, 9.17) is 5.73 Å². The molecule has 3 N–H and O–H groups in total. The van der Waals surface area contributed by atoms with E-state index in [-0.39, 0.29) is 11.3 Å². The Morgan fingerprint density at radius 1 is 1.10 bits per heavy atom. The van der Waals surface area contributed by atoms with Gasteiger partial charge in [0, 0.05) is 12.1 Å². The molecule has 108 valence electrons. The fourth-order valence-corrected chi connectivity index (χ4v) is 3.52. The van der Waals surface area contributed by atoms with Crippen LogP contribution in [0.5, 0.6) is 0 Å². The van der Waals surface area contributed by atoms with E-state index in [0.717, 1.165) is 44.9 Å². The van der Waals surface area contributed by atoms with Crippen molar-refractivity contribution in [3.63, 3.8) is 0 Å². The number of nitrogens with one attached hydrogen (secondary N) is 1. The fourth-order valence-electron chi connectivity index (χ4n) is 3.52. The van der Waals surface area contributed by atoms with Crippen LogP contribution in [0, 0.1) is 0 Å². The molecule has 0 spiro atoms. The quantitative estimate of drug-likeness (QED) is 0.888. The molecule has 0 aromatic heterocycles. The number of benzene rings is 1. The number of nitrogens with two attached hydrogens (primary N) is 1. The average molecular weight is 272 g/mol. The maximum Gasteiger partial charge on any atom is 0.230 e. The van der Waals surface area contributed by atoms with E-state index in [1.807, 2.05) is 18.2 Å². The zero-order chi connectivity index (χ0) is 14.0. The van der Waals surface area contributed by atoms with E-state index in [0.29, 0.717) is 12.1 Å². The summed E-state index contributed by atoms with van der Waals surface area (Å²) in [5.41, 5.74) is 6.84. The van der Waals surface area contributed by atoms with Crippen LogP contribution >= 0.6 is 0 Å². The number of hydrogen-bond acceptors (Lipinski definition) is 2. The molecule has 0 atom stereocenters. The average Bonchev–Trinajstić information content (AvgIpc) is 2.41. The van der Waals surface area contributed by atoms with Crippen LogP contribution in [0.1, 0.15) is 50.5 Å². The van der Waals surface area contributed by atoms with Gasteiger partial charge in [0.15, 0.2) is 0 Å². The minimum absolute atomic E-state index is 0.232. The highest BCUT2D eigenvalue weighted by Crippen LogP contribution is 2.44. The summed E-state index contributed by atoms with van der Waals surface area (Å²) in [6, 6.07) is 10.9. The van der Waals surface area contributed by atoms with E-state index in [2.05, 4.69) is 17.4 Å². The van der Waals surface area contributed by atoms with E-state index in [1.54, 1.807) is 0 Å². The Bertz CT molecular complexity index is 459. The fraction of sp³-hybridized carbons (Fsp3) is 0.588. The van der Waals surface area contributed by atoms with Crippen LogP contribution in [-0.2, 0) is 10.2 Å². The summed E-state index contributed by atoms with van der Waals surface area (Å²) in [7, 11) is 0. The molecule has 0 unspecified atom stereocenters. The normalized spacial score (nSPS) is 28.4. The van der Waals surface area contributed by atoms with Crippen molar-refractivity contribution in [1.82, 2.24) is 5.32 Å². The second-order valence-electron chi connectivity index (χ2n) is 6.39. The number of amides is 1. The molecule has 0 bridgehead atoms. The summed E-state index contributed by atoms with van der Waals surface area (Å²) in [5.74, 6) is 0.232. The molecule has 1 amide bonds. The maximum absolute atomic E-state index is 12.8. The van der Waals surface area contributed by atoms with Gasteiger partial charge in [-0.3, -0.25) is 4.79 Å². The third-order valence-electron chi connectivity index (χ3n) is 5.08. The summed E-state index contributed by atoms with van der Waals surface area (Å²) in [6.45, 7) is 0. The van der Waals surface area contributed by atoms with Crippen molar-refractivity contribution in [2.24, 2.45) is 5.73 Å². The molecule has 0 radical (unpaired) electrons. The molecule has 1 aromatic carbocycles. The lowest BCUT2D eigenvalue weighted by atomic mass is 9.63. The SMILES string of the molecule is NC1CCC(NC(=O)C2(c3ccccc3)CCC2)CC1. The zero-order valence-corrected chi connectivity index (χ0v) is 12.0. The van der Waals surface area contributed by atoms with E-state index in [9.17, 15) is 4.79 Å². The first-order valence-corrected chi connectivity index (χ1v) is 7.83. The lowest BCUT2D eigenvalue weighted by molar-refractivity contribution is -0.130. The number of rotatable bonds is 3. The zero-order valence-electron chi connectivity index (χ0n) is 12.0. The van der Waals surface area contributed by atoms with Crippen LogP contribution in [0.25, 0.3) is 0 Å². The van der Waals surface area contributed by atoms with E-state index < -0.39 is 0 Å². The van der Waals surface area contributed by atoms with Gasteiger partial charge in [0.05, 0.1) is 5.41 Å². The lowest BCUT2D eigenvalue weighted by Crippen LogP contribution is -2.53. The van der Waals surface area contributed by atoms with Crippen LogP contribution in [-0.4, -0.2) is 18.0 Å². The summed E-state index contributed by atoms with van der Waals surface area (Å²) >= 11 is 0.